The van der Waals surface area contributed by atoms with E-state index in [0.29, 0.717) is 31.1 Å². The zero-order valence-electron chi connectivity index (χ0n) is 13.9. The third kappa shape index (κ3) is 4.59. The Morgan fingerprint density at radius 3 is 2.62 bits per heavy atom. The second-order valence-corrected chi connectivity index (χ2v) is 7.13. The number of anilines is 2. The lowest BCUT2D eigenvalue weighted by Gasteiger charge is -2.32. The van der Waals surface area contributed by atoms with E-state index >= 15 is 0 Å². The van der Waals surface area contributed by atoms with Gasteiger partial charge in [0.25, 0.3) is 0 Å². The first-order chi connectivity index (χ1) is 12.3. The Morgan fingerprint density at radius 2 is 2.00 bits per heavy atom. The van der Waals surface area contributed by atoms with Gasteiger partial charge in [0, 0.05) is 36.3 Å². The minimum Gasteiger partial charge on any atom is -0.367 e. The van der Waals surface area contributed by atoms with E-state index in [1.165, 1.54) is 11.3 Å². The number of carbonyl (C=O) groups excluding carboxylic acids is 1. The number of alkyl halides is 3. The molecular formula is C15H17F3N6OS. The summed E-state index contributed by atoms with van der Waals surface area (Å²) in [5, 5.41) is 6.28. The van der Waals surface area contributed by atoms with Gasteiger partial charge >= 0.3 is 12.2 Å². The van der Waals surface area contributed by atoms with Crippen molar-refractivity contribution in [2.45, 2.75) is 32.0 Å². The second-order valence-electron chi connectivity index (χ2n) is 5.90. The second kappa shape index (κ2) is 7.44. The number of hydrogen-bond donors (Lipinski definition) is 2. The Bertz CT molecular complexity index is 773. The third-order valence-corrected chi connectivity index (χ3v) is 4.76. The number of halogens is 3. The molecule has 0 radical (unpaired) electrons. The lowest BCUT2D eigenvalue weighted by atomic mass is 10.1. The van der Waals surface area contributed by atoms with Crippen molar-refractivity contribution < 1.29 is 18.0 Å². The molecule has 0 aromatic carbocycles. The van der Waals surface area contributed by atoms with Gasteiger partial charge in [-0.1, -0.05) is 0 Å². The summed E-state index contributed by atoms with van der Waals surface area (Å²) in [4.78, 5) is 26.0. The van der Waals surface area contributed by atoms with Crippen molar-refractivity contribution >= 4 is 28.3 Å². The van der Waals surface area contributed by atoms with Gasteiger partial charge in [-0.25, -0.2) is 19.7 Å². The molecule has 0 unspecified atom stereocenters. The number of hydrogen-bond acceptors (Lipinski definition) is 6. The standard InChI is InChI=1S/C15H17F3N6OS/c1-9-7-19-13(26-9)23-14(25)24-4-2-10(3-5-24)22-12-6-11(15(16,17)18)20-8-21-12/h6-8,10H,2-5H2,1H3,(H,19,23,25)(H,20,21,22). The largest absolute Gasteiger partial charge is 0.433 e. The zero-order valence-corrected chi connectivity index (χ0v) is 14.7. The molecule has 3 heterocycles. The van der Waals surface area contributed by atoms with E-state index in [2.05, 4.69) is 25.6 Å². The quantitative estimate of drug-likeness (QED) is 0.845. The average Bonchev–Trinajstić information content (AvgIpc) is 3.00. The SMILES string of the molecule is Cc1cnc(NC(=O)N2CCC(Nc3cc(C(F)(F)F)ncn3)CC2)s1. The summed E-state index contributed by atoms with van der Waals surface area (Å²) in [6.45, 7) is 2.89. The molecule has 1 fully saturated rings. The molecule has 1 saturated heterocycles. The maximum Gasteiger partial charge on any atom is 0.433 e. The molecular weight excluding hydrogens is 369 g/mol. The number of aromatic nitrogens is 3. The average molecular weight is 386 g/mol. The van der Waals surface area contributed by atoms with Crippen LogP contribution in [-0.2, 0) is 6.18 Å². The van der Waals surface area contributed by atoms with E-state index in [4.69, 9.17) is 0 Å². The molecule has 0 bridgehead atoms. The highest BCUT2D eigenvalue weighted by Crippen LogP contribution is 2.28. The van der Waals surface area contributed by atoms with Crippen molar-refractivity contribution in [1.29, 1.82) is 0 Å². The van der Waals surface area contributed by atoms with Crippen molar-refractivity contribution in [2.75, 3.05) is 23.7 Å². The van der Waals surface area contributed by atoms with Crippen LogP contribution in [0.25, 0.3) is 0 Å². The molecule has 2 amide bonds. The van der Waals surface area contributed by atoms with Crippen LogP contribution < -0.4 is 10.6 Å². The number of thiazole rings is 1. The first-order valence-electron chi connectivity index (χ1n) is 7.95. The number of rotatable bonds is 3. The monoisotopic (exact) mass is 386 g/mol. The van der Waals surface area contributed by atoms with Crippen molar-refractivity contribution in [3.63, 3.8) is 0 Å². The van der Waals surface area contributed by atoms with Crippen LogP contribution in [0, 0.1) is 6.92 Å². The molecule has 3 rings (SSSR count). The summed E-state index contributed by atoms with van der Waals surface area (Å²) in [6, 6.07) is 0.612. The first-order valence-corrected chi connectivity index (χ1v) is 8.77. The highest BCUT2D eigenvalue weighted by molar-refractivity contribution is 7.15. The maximum atomic E-state index is 12.7. The molecule has 1 aliphatic heterocycles. The number of aryl methyl sites for hydroxylation is 1. The van der Waals surface area contributed by atoms with Crippen LogP contribution in [-0.4, -0.2) is 45.0 Å². The highest BCUT2D eigenvalue weighted by Gasteiger charge is 2.33. The van der Waals surface area contributed by atoms with Gasteiger partial charge in [-0.2, -0.15) is 13.2 Å². The van der Waals surface area contributed by atoms with Gasteiger partial charge in [0.2, 0.25) is 0 Å². The fourth-order valence-electron chi connectivity index (χ4n) is 2.61. The predicted molar refractivity (Wildman–Crippen MR) is 91.1 cm³/mol. The van der Waals surface area contributed by atoms with Crippen LogP contribution in [0.2, 0.25) is 0 Å². The fraction of sp³-hybridized carbons (Fsp3) is 0.467. The Morgan fingerprint density at radius 1 is 1.27 bits per heavy atom. The molecule has 0 atom stereocenters. The number of urea groups is 1. The minimum atomic E-state index is -4.50. The lowest BCUT2D eigenvalue weighted by molar-refractivity contribution is -0.141. The summed E-state index contributed by atoms with van der Waals surface area (Å²) >= 11 is 1.40. The lowest BCUT2D eigenvalue weighted by Crippen LogP contribution is -2.44. The van der Waals surface area contributed by atoms with Gasteiger partial charge in [0.05, 0.1) is 0 Å². The summed E-state index contributed by atoms with van der Waals surface area (Å²) < 4.78 is 38.1. The Labute approximate surface area is 151 Å². The summed E-state index contributed by atoms with van der Waals surface area (Å²) in [7, 11) is 0. The maximum absolute atomic E-state index is 12.7. The molecule has 2 aromatic rings. The molecule has 2 aromatic heterocycles. The minimum absolute atomic E-state index is 0.0582. The molecule has 140 valence electrons. The summed E-state index contributed by atoms with van der Waals surface area (Å²) in [5.74, 6) is 0.133. The van der Waals surface area contributed by atoms with Gasteiger partial charge in [0.15, 0.2) is 5.13 Å². The van der Waals surface area contributed by atoms with E-state index in [1.807, 2.05) is 6.92 Å². The summed E-state index contributed by atoms with van der Waals surface area (Å²) in [5.41, 5.74) is -0.981. The van der Waals surface area contributed by atoms with Crippen LogP contribution in [0.5, 0.6) is 0 Å². The normalized spacial score (nSPS) is 15.8. The Balaban J connectivity index is 1.51. The molecule has 0 spiro atoms. The van der Waals surface area contributed by atoms with Gasteiger partial charge in [-0.05, 0) is 19.8 Å². The molecule has 0 aliphatic carbocycles. The number of nitrogens with one attached hydrogen (secondary N) is 2. The number of likely N-dealkylation sites (tertiary alicyclic amines) is 1. The Kier molecular flexibility index (Phi) is 5.25. The smallest absolute Gasteiger partial charge is 0.367 e. The number of carbonyl (C=O) groups is 1. The zero-order chi connectivity index (χ0) is 18.7. The molecule has 0 saturated carbocycles. The van der Waals surface area contributed by atoms with Gasteiger partial charge in [0.1, 0.15) is 17.8 Å². The number of nitrogens with zero attached hydrogens (tertiary/aromatic N) is 4. The van der Waals surface area contributed by atoms with E-state index in [9.17, 15) is 18.0 Å². The van der Waals surface area contributed by atoms with E-state index in [-0.39, 0.29) is 17.9 Å². The van der Waals surface area contributed by atoms with Crippen molar-refractivity contribution in [2.24, 2.45) is 0 Å². The highest BCUT2D eigenvalue weighted by atomic mass is 32.1. The van der Waals surface area contributed by atoms with Gasteiger partial charge < -0.3 is 10.2 Å². The van der Waals surface area contributed by atoms with E-state index in [1.54, 1.807) is 11.1 Å². The van der Waals surface area contributed by atoms with Crippen molar-refractivity contribution in [1.82, 2.24) is 19.9 Å². The van der Waals surface area contributed by atoms with Crippen LogP contribution in [0.3, 0.4) is 0 Å². The first kappa shape index (κ1) is 18.4. The van der Waals surface area contributed by atoms with E-state index < -0.39 is 11.9 Å². The van der Waals surface area contributed by atoms with Crippen LogP contribution >= 0.6 is 11.3 Å². The molecule has 1 aliphatic rings. The Hall–Kier alpha value is -2.43. The van der Waals surface area contributed by atoms with Crippen molar-refractivity contribution in [3.05, 3.63) is 29.2 Å². The topological polar surface area (TPSA) is 83.0 Å². The van der Waals surface area contributed by atoms with Crippen LogP contribution in [0.1, 0.15) is 23.4 Å². The third-order valence-electron chi connectivity index (χ3n) is 3.93. The molecule has 2 N–H and O–H groups in total. The van der Waals surface area contributed by atoms with Crippen LogP contribution in [0.4, 0.5) is 28.9 Å². The predicted octanol–water partition coefficient (Wildman–Crippen LogP) is 3.37. The fourth-order valence-corrected chi connectivity index (χ4v) is 3.26. The number of piperidine rings is 1. The van der Waals surface area contributed by atoms with Crippen LogP contribution in [0.15, 0.2) is 18.6 Å². The molecule has 26 heavy (non-hydrogen) atoms. The van der Waals surface area contributed by atoms with Gasteiger partial charge in [-0.15, -0.1) is 11.3 Å². The molecule has 7 nitrogen and oxygen atoms in total. The number of amides is 2. The summed E-state index contributed by atoms with van der Waals surface area (Å²) in [6.07, 6.45) is -0.711. The van der Waals surface area contributed by atoms with Crippen molar-refractivity contribution in [3.8, 4) is 0 Å². The van der Waals surface area contributed by atoms with Gasteiger partial charge in [-0.3, -0.25) is 5.32 Å². The molecule has 11 heteroatoms. The van der Waals surface area contributed by atoms with E-state index in [0.717, 1.165) is 17.3 Å².